The summed E-state index contributed by atoms with van der Waals surface area (Å²) in [5.74, 6) is -0.907. The summed E-state index contributed by atoms with van der Waals surface area (Å²) in [5, 5.41) is 7.49. The molecule has 0 spiro atoms. The molecule has 0 atom stereocenters. The first-order chi connectivity index (χ1) is 15.2. The lowest BCUT2D eigenvalue weighted by Crippen LogP contribution is -2.51. The van der Waals surface area contributed by atoms with E-state index >= 15 is 0 Å². The minimum Gasteiger partial charge on any atom is -0.493 e. The van der Waals surface area contributed by atoms with E-state index in [1.165, 1.54) is 13.2 Å². The van der Waals surface area contributed by atoms with Crippen LogP contribution in [0, 0.1) is 13.8 Å². The van der Waals surface area contributed by atoms with Gasteiger partial charge in [-0.2, -0.15) is 0 Å². The summed E-state index contributed by atoms with van der Waals surface area (Å²) in [5.41, 5.74) is 3.29. The van der Waals surface area contributed by atoms with Crippen LogP contribution < -0.4 is 25.4 Å². The standard InChI is InChI=1S/C22H20BrN3O5S/c1-11-4-5-14(6-12(11)2)24-18(27)10-31-19-16(23)8-13(9-17(19)30-3)7-15-20(28)25-22(32)26-21(15)29/h4-9H,10H2,1-3H3,(H,24,27)(H2,25,26,28,29,32). The molecule has 3 N–H and O–H groups in total. The van der Waals surface area contributed by atoms with Crippen LogP contribution in [0.25, 0.3) is 6.08 Å². The maximum absolute atomic E-state index is 12.3. The number of anilines is 1. The third-order valence-electron chi connectivity index (χ3n) is 4.64. The monoisotopic (exact) mass is 517 g/mol. The number of nitrogens with one attached hydrogen (secondary N) is 3. The number of halogens is 1. The van der Waals surface area contributed by atoms with Gasteiger partial charge in [0, 0.05) is 5.69 Å². The molecule has 10 heteroatoms. The average Bonchev–Trinajstić information content (AvgIpc) is 2.72. The van der Waals surface area contributed by atoms with Crippen molar-refractivity contribution in [3.8, 4) is 11.5 Å². The number of rotatable bonds is 6. The highest BCUT2D eigenvalue weighted by Gasteiger charge is 2.26. The van der Waals surface area contributed by atoms with Crippen LogP contribution in [0.15, 0.2) is 40.4 Å². The van der Waals surface area contributed by atoms with Gasteiger partial charge in [0.1, 0.15) is 5.57 Å². The van der Waals surface area contributed by atoms with Crippen molar-refractivity contribution in [3.05, 3.63) is 57.1 Å². The molecule has 8 nitrogen and oxygen atoms in total. The zero-order valence-electron chi connectivity index (χ0n) is 17.5. The van der Waals surface area contributed by atoms with Crippen molar-refractivity contribution in [2.45, 2.75) is 13.8 Å². The number of carbonyl (C=O) groups is 3. The minimum atomic E-state index is -0.600. The first kappa shape index (κ1) is 23.4. The number of thiocarbonyl (C=S) groups is 1. The smallest absolute Gasteiger partial charge is 0.263 e. The Hall–Kier alpha value is -3.24. The lowest BCUT2D eigenvalue weighted by molar-refractivity contribution is -0.123. The van der Waals surface area contributed by atoms with Crippen LogP contribution in [-0.4, -0.2) is 36.6 Å². The Bertz CT molecular complexity index is 1140. The van der Waals surface area contributed by atoms with Gasteiger partial charge in [-0.25, -0.2) is 0 Å². The molecule has 0 saturated carbocycles. The maximum atomic E-state index is 12.3. The Morgan fingerprint density at radius 1 is 1.12 bits per heavy atom. The van der Waals surface area contributed by atoms with Crippen molar-refractivity contribution in [3.63, 3.8) is 0 Å². The Kier molecular flexibility index (Phi) is 7.26. The molecule has 0 radical (unpaired) electrons. The molecule has 1 aliphatic rings. The summed E-state index contributed by atoms with van der Waals surface area (Å²) in [6, 6.07) is 8.86. The number of hydrogen-bond acceptors (Lipinski definition) is 6. The highest BCUT2D eigenvalue weighted by Crippen LogP contribution is 2.37. The summed E-state index contributed by atoms with van der Waals surface area (Å²) in [6.07, 6.45) is 1.40. The van der Waals surface area contributed by atoms with Gasteiger partial charge in [0.05, 0.1) is 11.6 Å². The van der Waals surface area contributed by atoms with Crippen molar-refractivity contribution < 1.29 is 23.9 Å². The number of aryl methyl sites for hydroxylation is 2. The third kappa shape index (κ3) is 5.51. The lowest BCUT2D eigenvalue weighted by Gasteiger charge is -2.17. The van der Waals surface area contributed by atoms with Crippen molar-refractivity contribution >= 4 is 62.7 Å². The molecule has 2 aromatic rings. The molecule has 1 fully saturated rings. The van der Waals surface area contributed by atoms with Crippen LogP contribution in [0.3, 0.4) is 0 Å². The normalized spacial score (nSPS) is 13.2. The predicted molar refractivity (Wildman–Crippen MR) is 128 cm³/mol. The first-order valence-electron chi connectivity index (χ1n) is 9.43. The summed E-state index contributed by atoms with van der Waals surface area (Å²) in [7, 11) is 1.44. The van der Waals surface area contributed by atoms with Gasteiger partial charge >= 0.3 is 0 Å². The van der Waals surface area contributed by atoms with E-state index < -0.39 is 11.8 Å². The predicted octanol–water partition coefficient (Wildman–Crippen LogP) is 3.01. The molecule has 3 rings (SSSR count). The zero-order chi connectivity index (χ0) is 23.4. The Balaban J connectivity index is 1.75. The van der Waals surface area contributed by atoms with Gasteiger partial charge in [0.2, 0.25) is 0 Å². The fourth-order valence-electron chi connectivity index (χ4n) is 2.89. The summed E-state index contributed by atoms with van der Waals surface area (Å²) in [4.78, 5) is 36.4. The van der Waals surface area contributed by atoms with Crippen LogP contribution in [-0.2, 0) is 14.4 Å². The van der Waals surface area contributed by atoms with Crippen LogP contribution in [0.4, 0.5) is 5.69 Å². The zero-order valence-corrected chi connectivity index (χ0v) is 19.9. The van der Waals surface area contributed by atoms with E-state index in [1.54, 1.807) is 12.1 Å². The average molecular weight is 518 g/mol. The molecule has 0 aliphatic carbocycles. The Morgan fingerprint density at radius 3 is 2.44 bits per heavy atom. The number of ether oxygens (including phenoxy) is 2. The highest BCUT2D eigenvalue weighted by atomic mass is 79.9. The van der Waals surface area contributed by atoms with E-state index in [2.05, 4.69) is 31.9 Å². The molecular formula is C22H20BrN3O5S. The molecule has 166 valence electrons. The van der Waals surface area contributed by atoms with Gasteiger partial charge in [-0.1, -0.05) is 6.07 Å². The highest BCUT2D eigenvalue weighted by molar-refractivity contribution is 9.10. The SMILES string of the molecule is COc1cc(C=C2C(=O)NC(=S)NC2=O)cc(Br)c1OCC(=O)Nc1ccc(C)c(C)c1. The fraction of sp³-hybridized carbons (Fsp3) is 0.182. The van der Waals surface area contributed by atoms with E-state index in [0.717, 1.165) is 11.1 Å². The summed E-state index contributed by atoms with van der Waals surface area (Å²) < 4.78 is 11.5. The fourth-order valence-corrected chi connectivity index (χ4v) is 3.65. The molecule has 0 bridgehead atoms. The van der Waals surface area contributed by atoms with Gasteiger partial charge in [-0.3, -0.25) is 25.0 Å². The molecule has 0 unspecified atom stereocenters. The van der Waals surface area contributed by atoms with Gasteiger partial charge < -0.3 is 14.8 Å². The van der Waals surface area contributed by atoms with E-state index in [-0.39, 0.29) is 23.2 Å². The number of methoxy groups -OCH3 is 1. The van der Waals surface area contributed by atoms with Crippen molar-refractivity contribution in [2.75, 3.05) is 19.0 Å². The van der Waals surface area contributed by atoms with Gasteiger partial charge in [-0.15, -0.1) is 0 Å². The van der Waals surface area contributed by atoms with Crippen LogP contribution in [0.5, 0.6) is 11.5 Å². The maximum Gasteiger partial charge on any atom is 0.263 e. The second-order valence-corrected chi connectivity index (χ2v) is 8.23. The van der Waals surface area contributed by atoms with Crippen molar-refractivity contribution in [1.82, 2.24) is 10.6 Å². The molecule has 1 saturated heterocycles. The second kappa shape index (κ2) is 9.92. The molecular weight excluding hydrogens is 498 g/mol. The number of hydrogen-bond donors (Lipinski definition) is 3. The van der Waals surface area contributed by atoms with E-state index in [0.29, 0.717) is 27.2 Å². The number of carbonyl (C=O) groups excluding carboxylic acids is 3. The third-order valence-corrected chi connectivity index (χ3v) is 5.44. The van der Waals surface area contributed by atoms with E-state index in [1.807, 2.05) is 32.0 Å². The molecule has 1 heterocycles. The lowest BCUT2D eigenvalue weighted by atomic mass is 10.1. The molecule has 2 aromatic carbocycles. The van der Waals surface area contributed by atoms with E-state index in [4.69, 9.17) is 21.7 Å². The second-order valence-electron chi connectivity index (χ2n) is 6.97. The molecule has 32 heavy (non-hydrogen) atoms. The summed E-state index contributed by atoms with van der Waals surface area (Å²) in [6.45, 7) is 3.72. The quantitative estimate of drug-likeness (QED) is 0.309. The van der Waals surface area contributed by atoms with Crippen molar-refractivity contribution in [2.24, 2.45) is 0 Å². The minimum absolute atomic E-state index is 0.0428. The number of amides is 3. The number of benzene rings is 2. The van der Waals surface area contributed by atoms with Gasteiger partial charge in [0.15, 0.2) is 23.2 Å². The Morgan fingerprint density at radius 2 is 1.81 bits per heavy atom. The molecule has 3 amide bonds. The van der Waals surface area contributed by atoms with Crippen LogP contribution >= 0.6 is 28.1 Å². The molecule has 1 aliphatic heterocycles. The molecule has 0 aromatic heterocycles. The van der Waals surface area contributed by atoms with Crippen LogP contribution in [0.1, 0.15) is 16.7 Å². The van der Waals surface area contributed by atoms with E-state index in [9.17, 15) is 14.4 Å². The van der Waals surface area contributed by atoms with Gasteiger partial charge in [-0.05, 0) is 89.0 Å². The summed E-state index contributed by atoms with van der Waals surface area (Å²) >= 11 is 8.18. The topological polar surface area (TPSA) is 106 Å². The van der Waals surface area contributed by atoms with Crippen molar-refractivity contribution in [1.29, 1.82) is 0 Å². The van der Waals surface area contributed by atoms with Gasteiger partial charge in [0.25, 0.3) is 17.7 Å². The van der Waals surface area contributed by atoms with Crippen LogP contribution in [0.2, 0.25) is 0 Å². The largest absolute Gasteiger partial charge is 0.493 e. The Labute approximate surface area is 198 Å². The first-order valence-corrected chi connectivity index (χ1v) is 10.6.